The second kappa shape index (κ2) is 6.40. The Balaban J connectivity index is 2.80. The standard InChI is InChI=1S/C14H21NO2/c1-4-17-14(16)13(9-15)8-12-7-5-6-10(2)11(12)3/h5-7,13H,4,8-9,15H2,1-3H3. The van der Waals surface area contributed by atoms with Gasteiger partial charge in [-0.05, 0) is 43.9 Å². The van der Waals surface area contributed by atoms with E-state index in [4.69, 9.17) is 10.5 Å². The van der Waals surface area contributed by atoms with Crippen LogP contribution in [0.15, 0.2) is 18.2 Å². The van der Waals surface area contributed by atoms with Crippen LogP contribution in [0, 0.1) is 19.8 Å². The fraction of sp³-hybridized carbons (Fsp3) is 0.500. The van der Waals surface area contributed by atoms with Crippen molar-refractivity contribution in [3.8, 4) is 0 Å². The summed E-state index contributed by atoms with van der Waals surface area (Å²) in [6.07, 6.45) is 0.656. The Labute approximate surface area is 103 Å². The molecule has 0 aliphatic carbocycles. The fourth-order valence-electron chi connectivity index (χ4n) is 1.82. The molecule has 0 amide bonds. The summed E-state index contributed by atoms with van der Waals surface area (Å²) in [6.45, 7) is 6.68. The molecule has 0 radical (unpaired) electrons. The molecule has 0 heterocycles. The molecule has 1 rings (SSSR count). The van der Waals surface area contributed by atoms with Gasteiger partial charge in [-0.1, -0.05) is 18.2 Å². The third kappa shape index (κ3) is 3.56. The molecular formula is C14H21NO2. The minimum atomic E-state index is -0.240. The molecule has 3 nitrogen and oxygen atoms in total. The molecule has 1 unspecified atom stereocenters. The van der Waals surface area contributed by atoms with Crippen molar-refractivity contribution in [3.63, 3.8) is 0 Å². The summed E-state index contributed by atoms with van der Waals surface area (Å²) >= 11 is 0. The molecule has 94 valence electrons. The molecular weight excluding hydrogens is 214 g/mol. The first-order valence-corrected chi connectivity index (χ1v) is 6.02. The van der Waals surface area contributed by atoms with Crippen molar-refractivity contribution in [2.24, 2.45) is 11.7 Å². The van der Waals surface area contributed by atoms with Crippen LogP contribution >= 0.6 is 0 Å². The summed E-state index contributed by atoms with van der Waals surface area (Å²) < 4.78 is 5.02. The molecule has 17 heavy (non-hydrogen) atoms. The van der Waals surface area contributed by atoms with Gasteiger partial charge in [0.2, 0.25) is 0 Å². The monoisotopic (exact) mass is 235 g/mol. The summed E-state index contributed by atoms with van der Waals surface area (Å²) in [5.74, 6) is -0.439. The van der Waals surface area contributed by atoms with Gasteiger partial charge in [0.1, 0.15) is 0 Å². The molecule has 1 aromatic carbocycles. The van der Waals surface area contributed by atoms with Crippen LogP contribution in [0.4, 0.5) is 0 Å². The van der Waals surface area contributed by atoms with Gasteiger partial charge in [-0.25, -0.2) is 0 Å². The highest BCUT2D eigenvalue weighted by Gasteiger charge is 2.19. The third-order valence-electron chi connectivity index (χ3n) is 3.09. The molecule has 0 aliphatic rings. The molecule has 0 aromatic heterocycles. The normalized spacial score (nSPS) is 12.2. The molecule has 0 fully saturated rings. The van der Waals surface area contributed by atoms with Crippen LogP contribution in [0.25, 0.3) is 0 Å². The number of esters is 1. The van der Waals surface area contributed by atoms with Crippen LogP contribution in [-0.2, 0) is 16.0 Å². The minimum Gasteiger partial charge on any atom is -0.466 e. The van der Waals surface area contributed by atoms with E-state index in [0.29, 0.717) is 19.6 Å². The second-order valence-electron chi connectivity index (χ2n) is 4.25. The maximum absolute atomic E-state index is 11.7. The van der Waals surface area contributed by atoms with Crippen LogP contribution in [0.5, 0.6) is 0 Å². The van der Waals surface area contributed by atoms with Gasteiger partial charge in [0, 0.05) is 6.54 Å². The molecule has 2 N–H and O–H groups in total. The Kier molecular flexibility index (Phi) is 5.16. The van der Waals surface area contributed by atoms with E-state index in [-0.39, 0.29) is 11.9 Å². The Morgan fingerprint density at radius 1 is 1.41 bits per heavy atom. The van der Waals surface area contributed by atoms with E-state index in [1.54, 1.807) is 0 Å². The predicted molar refractivity (Wildman–Crippen MR) is 68.8 cm³/mol. The lowest BCUT2D eigenvalue weighted by molar-refractivity contribution is -0.147. The molecule has 1 atom stereocenters. The number of carbonyl (C=O) groups is 1. The Morgan fingerprint density at radius 3 is 2.71 bits per heavy atom. The molecule has 3 heteroatoms. The lowest BCUT2D eigenvalue weighted by Crippen LogP contribution is -2.28. The van der Waals surface area contributed by atoms with Gasteiger partial charge in [-0.15, -0.1) is 0 Å². The van der Waals surface area contributed by atoms with E-state index in [0.717, 1.165) is 0 Å². The van der Waals surface area contributed by atoms with E-state index in [9.17, 15) is 4.79 Å². The average molecular weight is 235 g/mol. The lowest BCUT2D eigenvalue weighted by Gasteiger charge is -2.15. The fourth-order valence-corrected chi connectivity index (χ4v) is 1.82. The maximum atomic E-state index is 11.7. The minimum absolute atomic E-state index is 0.198. The first-order chi connectivity index (χ1) is 8.10. The molecule has 1 aromatic rings. The van der Waals surface area contributed by atoms with Crippen molar-refractivity contribution < 1.29 is 9.53 Å². The number of nitrogens with two attached hydrogens (primary N) is 1. The number of hydrogen-bond donors (Lipinski definition) is 1. The second-order valence-corrected chi connectivity index (χ2v) is 4.25. The highest BCUT2D eigenvalue weighted by molar-refractivity contribution is 5.73. The largest absolute Gasteiger partial charge is 0.466 e. The third-order valence-corrected chi connectivity index (χ3v) is 3.09. The van der Waals surface area contributed by atoms with Crippen molar-refractivity contribution in [2.75, 3.05) is 13.2 Å². The van der Waals surface area contributed by atoms with Crippen LogP contribution in [-0.4, -0.2) is 19.1 Å². The van der Waals surface area contributed by atoms with E-state index in [1.165, 1.54) is 16.7 Å². The zero-order valence-electron chi connectivity index (χ0n) is 10.8. The van der Waals surface area contributed by atoms with Crippen molar-refractivity contribution >= 4 is 5.97 Å². The molecule has 0 aliphatic heterocycles. The first-order valence-electron chi connectivity index (χ1n) is 6.02. The van der Waals surface area contributed by atoms with Crippen molar-refractivity contribution in [2.45, 2.75) is 27.2 Å². The smallest absolute Gasteiger partial charge is 0.310 e. The van der Waals surface area contributed by atoms with Gasteiger partial charge in [0.25, 0.3) is 0 Å². The van der Waals surface area contributed by atoms with Gasteiger partial charge >= 0.3 is 5.97 Å². The van der Waals surface area contributed by atoms with Gasteiger partial charge in [-0.3, -0.25) is 4.79 Å². The zero-order valence-corrected chi connectivity index (χ0v) is 10.8. The van der Waals surface area contributed by atoms with Crippen LogP contribution in [0.3, 0.4) is 0 Å². The SMILES string of the molecule is CCOC(=O)C(CN)Cc1cccc(C)c1C. The number of carbonyl (C=O) groups excluding carboxylic acids is 1. The maximum Gasteiger partial charge on any atom is 0.310 e. The Hall–Kier alpha value is -1.35. The van der Waals surface area contributed by atoms with Gasteiger partial charge < -0.3 is 10.5 Å². The highest BCUT2D eigenvalue weighted by atomic mass is 16.5. The van der Waals surface area contributed by atoms with Gasteiger partial charge in [0.05, 0.1) is 12.5 Å². The number of rotatable bonds is 5. The molecule has 0 saturated carbocycles. The quantitative estimate of drug-likeness (QED) is 0.794. The summed E-state index contributed by atoms with van der Waals surface area (Å²) in [6, 6.07) is 6.13. The van der Waals surface area contributed by atoms with Crippen LogP contribution < -0.4 is 5.73 Å². The summed E-state index contributed by atoms with van der Waals surface area (Å²) in [5.41, 5.74) is 9.28. The van der Waals surface area contributed by atoms with Crippen molar-refractivity contribution in [1.82, 2.24) is 0 Å². The highest BCUT2D eigenvalue weighted by Crippen LogP contribution is 2.17. The summed E-state index contributed by atoms with van der Waals surface area (Å²) in [7, 11) is 0. The van der Waals surface area contributed by atoms with E-state index in [2.05, 4.69) is 19.9 Å². The molecule has 0 saturated heterocycles. The summed E-state index contributed by atoms with van der Waals surface area (Å²) in [5, 5.41) is 0. The zero-order chi connectivity index (χ0) is 12.8. The van der Waals surface area contributed by atoms with E-state index in [1.807, 2.05) is 19.1 Å². The van der Waals surface area contributed by atoms with Crippen molar-refractivity contribution in [1.29, 1.82) is 0 Å². The van der Waals surface area contributed by atoms with Crippen molar-refractivity contribution in [3.05, 3.63) is 34.9 Å². The number of aryl methyl sites for hydroxylation is 1. The van der Waals surface area contributed by atoms with Crippen LogP contribution in [0.1, 0.15) is 23.6 Å². The van der Waals surface area contributed by atoms with Gasteiger partial charge in [-0.2, -0.15) is 0 Å². The predicted octanol–water partition coefficient (Wildman–Crippen LogP) is 1.98. The first kappa shape index (κ1) is 13.7. The number of benzene rings is 1. The Bertz CT molecular complexity index is 388. The summed E-state index contributed by atoms with van der Waals surface area (Å²) in [4.78, 5) is 11.7. The number of hydrogen-bond acceptors (Lipinski definition) is 3. The van der Waals surface area contributed by atoms with E-state index < -0.39 is 0 Å². The van der Waals surface area contributed by atoms with Gasteiger partial charge in [0.15, 0.2) is 0 Å². The van der Waals surface area contributed by atoms with Crippen LogP contribution in [0.2, 0.25) is 0 Å². The van der Waals surface area contributed by atoms with E-state index >= 15 is 0 Å². The topological polar surface area (TPSA) is 52.3 Å². The average Bonchev–Trinajstić information content (AvgIpc) is 2.31. The molecule has 0 bridgehead atoms. The molecule has 0 spiro atoms. The Morgan fingerprint density at radius 2 is 2.12 bits per heavy atom. The lowest BCUT2D eigenvalue weighted by atomic mass is 9.94. The number of ether oxygens (including phenoxy) is 1.